The molecule has 1 heterocycles. The van der Waals surface area contributed by atoms with Crippen molar-refractivity contribution in [3.8, 4) is 0 Å². The smallest absolute Gasteiger partial charge is 0.334 e. The largest absolute Gasteiger partial charge is 0.479 e. The number of aliphatic hydroxyl groups excluding tert-OH is 1. The van der Waals surface area contributed by atoms with Gasteiger partial charge in [-0.2, -0.15) is 0 Å². The van der Waals surface area contributed by atoms with Crippen molar-refractivity contribution in [3.63, 3.8) is 0 Å². The molecule has 0 aromatic heterocycles. The van der Waals surface area contributed by atoms with E-state index in [1.807, 2.05) is 18.2 Å². The summed E-state index contributed by atoms with van der Waals surface area (Å²) >= 11 is 0. The third-order valence-corrected chi connectivity index (χ3v) is 4.44. The summed E-state index contributed by atoms with van der Waals surface area (Å²) in [6, 6.07) is 10.3. The summed E-state index contributed by atoms with van der Waals surface area (Å²) in [6.45, 7) is 1.13. The maximum Gasteiger partial charge on any atom is 0.334 e. The molecule has 3 rings (SSSR count). The second-order valence-electron chi connectivity index (χ2n) is 5.95. The van der Waals surface area contributed by atoms with Crippen LogP contribution in [0.25, 0.3) is 0 Å². The van der Waals surface area contributed by atoms with Crippen molar-refractivity contribution < 1.29 is 19.7 Å². The Morgan fingerprint density at radius 2 is 2.05 bits per heavy atom. The standard InChI is InChI=1S/C16H21NO4/c18-12-6-7-13-14(8-12)21-15(16(19)20)10-17(13)9-11-4-2-1-3-5-11/h1-5,12-15,18H,6-10H2,(H,19,20). The van der Waals surface area contributed by atoms with Gasteiger partial charge in [-0.3, -0.25) is 4.90 Å². The molecule has 5 nitrogen and oxygen atoms in total. The molecule has 4 atom stereocenters. The molecule has 0 radical (unpaired) electrons. The lowest BCUT2D eigenvalue weighted by molar-refractivity contribution is -0.182. The Hall–Kier alpha value is -1.43. The number of carboxylic acids is 1. The third-order valence-electron chi connectivity index (χ3n) is 4.44. The topological polar surface area (TPSA) is 70.0 Å². The first kappa shape index (κ1) is 14.5. The number of carboxylic acid groups (broad SMARTS) is 1. The van der Waals surface area contributed by atoms with E-state index < -0.39 is 12.1 Å². The first-order chi connectivity index (χ1) is 10.1. The van der Waals surface area contributed by atoms with Crippen molar-refractivity contribution in [2.75, 3.05) is 6.54 Å². The van der Waals surface area contributed by atoms with Crippen LogP contribution >= 0.6 is 0 Å². The van der Waals surface area contributed by atoms with Gasteiger partial charge in [0.25, 0.3) is 0 Å². The molecule has 114 valence electrons. The number of carbonyl (C=O) groups is 1. The number of morpholine rings is 1. The highest BCUT2D eigenvalue weighted by Crippen LogP contribution is 2.31. The lowest BCUT2D eigenvalue weighted by Gasteiger charge is -2.47. The number of aliphatic hydroxyl groups is 1. The van der Waals surface area contributed by atoms with Crippen LogP contribution in [0.5, 0.6) is 0 Å². The molecule has 0 bridgehead atoms. The second-order valence-corrected chi connectivity index (χ2v) is 5.95. The normalized spacial score (nSPS) is 33.4. The van der Waals surface area contributed by atoms with Gasteiger partial charge in [-0.25, -0.2) is 4.79 Å². The molecule has 2 N–H and O–H groups in total. The molecular formula is C16H21NO4. The molecule has 1 aliphatic heterocycles. The van der Waals surface area contributed by atoms with Gasteiger partial charge in [0.2, 0.25) is 0 Å². The van der Waals surface area contributed by atoms with E-state index in [1.54, 1.807) is 0 Å². The van der Waals surface area contributed by atoms with E-state index in [0.717, 1.165) is 19.4 Å². The zero-order chi connectivity index (χ0) is 14.8. The van der Waals surface area contributed by atoms with Gasteiger partial charge in [-0.05, 0) is 18.4 Å². The molecular weight excluding hydrogens is 270 g/mol. The van der Waals surface area contributed by atoms with Crippen molar-refractivity contribution >= 4 is 5.97 Å². The van der Waals surface area contributed by atoms with Crippen LogP contribution in [0.1, 0.15) is 24.8 Å². The van der Waals surface area contributed by atoms with E-state index in [4.69, 9.17) is 4.74 Å². The van der Waals surface area contributed by atoms with Crippen molar-refractivity contribution in [1.82, 2.24) is 4.90 Å². The van der Waals surface area contributed by atoms with Gasteiger partial charge in [-0.15, -0.1) is 0 Å². The van der Waals surface area contributed by atoms with Crippen molar-refractivity contribution in [2.45, 2.75) is 50.2 Å². The van der Waals surface area contributed by atoms with Crippen LogP contribution in [0, 0.1) is 0 Å². The van der Waals surface area contributed by atoms with Crippen LogP contribution in [0.2, 0.25) is 0 Å². The number of hydrogen-bond donors (Lipinski definition) is 2. The maximum absolute atomic E-state index is 11.3. The Labute approximate surface area is 124 Å². The van der Waals surface area contributed by atoms with Gasteiger partial charge >= 0.3 is 5.97 Å². The van der Waals surface area contributed by atoms with Crippen molar-refractivity contribution in [2.24, 2.45) is 0 Å². The average molecular weight is 291 g/mol. The molecule has 1 aromatic rings. The van der Waals surface area contributed by atoms with E-state index in [2.05, 4.69) is 17.0 Å². The number of fused-ring (bicyclic) bond motifs is 1. The first-order valence-electron chi connectivity index (χ1n) is 7.48. The quantitative estimate of drug-likeness (QED) is 0.877. The number of nitrogens with zero attached hydrogens (tertiary/aromatic N) is 1. The Kier molecular flexibility index (Phi) is 4.24. The fourth-order valence-corrected chi connectivity index (χ4v) is 3.39. The predicted octanol–water partition coefficient (Wildman–Crippen LogP) is 1.25. The lowest BCUT2D eigenvalue weighted by Crippen LogP contribution is -2.58. The highest BCUT2D eigenvalue weighted by atomic mass is 16.5. The van der Waals surface area contributed by atoms with Crippen LogP contribution in [-0.2, 0) is 16.1 Å². The van der Waals surface area contributed by atoms with Gasteiger partial charge in [0.1, 0.15) is 0 Å². The molecule has 4 unspecified atom stereocenters. The fourth-order valence-electron chi connectivity index (χ4n) is 3.39. The van der Waals surface area contributed by atoms with Gasteiger partial charge in [0, 0.05) is 25.6 Å². The average Bonchev–Trinajstić information content (AvgIpc) is 2.47. The summed E-state index contributed by atoms with van der Waals surface area (Å²) in [5, 5.41) is 19.1. The Morgan fingerprint density at radius 3 is 2.76 bits per heavy atom. The highest BCUT2D eigenvalue weighted by Gasteiger charge is 2.42. The number of rotatable bonds is 3. The molecule has 2 fully saturated rings. The maximum atomic E-state index is 11.3. The summed E-state index contributed by atoms with van der Waals surface area (Å²) in [5.74, 6) is -0.924. The molecule has 5 heteroatoms. The summed E-state index contributed by atoms with van der Waals surface area (Å²) in [5.41, 5.74) is 1.17. The second kappa shape index (κ2) is 6.13. The lowest BCUT2D eigenvalue weighted by atomic mass is 9.87. The van der Waals surface area contributed by atoms with Crippen molar-refractivity contribution in [3.05, 3.63) is 35.9 Å². The summed E-state index contributed by atoms with van der Waals surface area (Å²) in [4.78, 5) is 13.5. The monoisotopic (exact) mass is 291 g/mol. The summed E-state index contributed by atoms with van der Waals surface area (Å²) in [6.07, 6.45) is 0.767. The van der Waals surface area contributed by atoms with E-state index in [-0.39, 0.29) is 18.2 Å². The predicted molar refractivity (Wildman–Crippen MR) is 76.8 cm³/mol. The Morgan fingerprint density at radius 1 is 1.29 bits per heavy atom. The van der Waals surface area contributed by atoms with E-state index in [1.165, 1.54) is 5.56 Å². The number of hydrogen-bond acceptors (Lipinski definition) is 4. The molecule has 1 saturated carbocycles. The number of benzene rings is 1. The minimum Gasteiger partial charge on any atom is -0.479 e. The van der Waals surface area contributed by atoms with Crippen LogP contribution in [0.3, 0.4) is 0 Å². The van der Waals surface area contributed by atoms with E-state index in [0.29, 0.717) is 13.0 Å². The number of ether oxygens (including phenoxy) is 1. The van der Waals surface area contributed by atoms with Gasteiger partial charge < -0.3 is 14.9 Å². The molecule has 1 aromatic carbocycles. The Balaban J connectivity index is 1.77. The molecule has 1 aliphatic carbocycles. The van der Waals surface area contributed by atoms with Crippen molar-refractivity contribution in [1.29, 1.82) is 0 Å². The van der Waals surface area contributed by atoms with Crippen LogP contribution in [-0.4, -0.2) is 52.0 Å². The molecule has 0 spiro atoms. The minimum absolute atomic E-state index is 0.188. The van der Waals surface area contributed by atoms with Gasteiger partial charge in [0.05, 0.1) is 12.2 Å². The molecule has 21 heavy (non-hydrogen) atoms. The molecule has 1 saturated heterocycles. The van der Waals surface area contributed by atoms with Gasteiger partial charge in [0.15, 0.2) is 6.10 Å². The minimum atomic E-state index is -0.924. The highest BCUT2D eigenvalue weighted by molar-refractivity contribution is 5.72. The summed E-state index contributed by atoms with van der Waals surface area (Å²) in [7, 11) is 0. The first-order valence-corrected chi connectivity index (χ1v) is 7.48. The third kappa shape index (κ3) is 3.26. The Bertz CT molecular complexity index is 492. The van der Waals surface area contributed by atoms with Crippen LogP contribution in [0.4, 0.5) is 0 Å². The van der Waals surface area contributed by atoms with Crippen LogP contribution < -0.4 is 0 Å². The summed E-state index contributed by atoms with van der Waals surface area (Å²) < 4.78 is 5.69. The van der Waals surface area contributed by atoms with E-state index >= 15 is 0 Å². The van der Waals surface area contributed by atoms with E-state index in [9.17, 15) is 15.0 Å². The zero-order valence-electron chi connectivity index (χ0n) is 11.9. The van der Waals surface area contributed by atoms with Crippen LogP contribution in [0.15, 0.2) is 30.3 Å². The molecule has 2 aliphatic rings. The number of aliphatic carboxylic acids is 1. The van der Waals surface area contributed by atoms with Gasteiger partial charge in [-0.1, -0.05) is 30.3 Å². The zero-order valence-corrected chi connectivity index (χ0v) is 11.9. The molecule has 0 amide bonds. The fraction of sp³-hybridized carbons (Fsp3) is 0.562. The SMILES string of the molecule is O=C(O)C1CN(Cc2ccccc2)C2CCC(O)CC2O1.